The topological polar surface area (TPSA) is 15.3 Å². The van der Waals surface area contributed by atoms with Gasteiger partial charge in [-0.2, -0.15) is 0 Å². The van der Waals surface area contributed by atoms with Crippen molar-refractivity contribution in [2.75, 3.05) is 20.6 Å². The molecule has 0 saturated carbocycles. The number of rotatable bonds is 6. The van der Waals surface area contributed by atoms with Crippen molar-refractivity contribution in [2.24, 2.45) is 5.41 Å². The number of nitrogens with one attached hydrogen (secondary N) is 1. The summed E-state index contributed by atoms with van der Waals surface area (Å²) >= 11 is 0. The van der Waals surface area contributed by atoms with E-state index in [0.29, 0.717) is 17.5 Å². The molecular weight excluding hydrogens is 232 g/mol. The molecule has 0 heterocycles. The molecule has 0 aliphatic carbocycles. The number of likely N-dealkylation sites (N-methyl/N-ethyl adjacent to an activating group) is 1. The van der Waals surface area contributed by atoms with Crippen molar-refractivity contribution in [2.45, 2.75) is 46.2 Å². The van der Waals surface area contributed by atoms with Crippen LogP contribution in [0.5, 0.6) is 0 Å². The van der Waals surface area contributed by atoms with Gasteiger partial charge in [0.25, 0.3) is 0 Å². The van der Waals surface area contributed by atoms with E-state index < -0.39 is 0 Å². The van der Waals surface area contributed by atoms with Crippen LogP contribution in [0, 0.1) is 5.41 Å². The standard InChI is InChI=1S/C17H30N2/c1-14(13-19(5)6)18-16(12-17(2,3)4)15-10-8-7-9-11-15/h7-11,14,16,18H,12-13H2,1-6H3. The molecule has 0 bridgehead atoms. The van der Waals surface area contributed by atoms with Crippen molar-refractivity contribution in [1.82, 2.24) is 10.2 Å². The number of nitrogens with zero attached hydrogens (tertiary/aromatic N) is 1. The predicted octanol–water partition coefficient (Wildman–Crippen LogP) is 3.70. The number of hydrogen-bond acceptors (Lipinski definition) is 2. The Bertz CT molecular complexity index is 351. The molecule has 0 aliphatic heterocycles. The summed E-state index contributed by atoms with van der Waals surface area (Å²) in [7, 11) is 4.25. The zero-order valence-electron chi connectivity index (χ0n) is 13.4. The zero-order chi connectivity index (χ0) is 14.5. The van der Waals surface area contributed by atoms with Gasteiger partial charge in [0.15, 0.2) is 0 Å². The summed E-state index contributed by atoms with van der Waals surface area (Å²) in [5.41, 5.74) is 1.72. The maximum absolute atomic E-state index is 3.78. The predicted molar refractivity (Wildman–Crippen MR) is 84.4 cm³/mol. The lowest BCUT2D eigenvalue weighted by molar-refractivity contribution is 0.272. The Kier molecular flexibility index (Phi) is 6.02. The molecular formula is C17H30N2. The SMILES string of the molecule is CC(CN(C)C)NC(CC(C)(C)C)c1ccccc1. The van der Waals surface area contributed by atoms with Crippen molar-refractivity contribution < 1.29 is 0 Å². The molecule has 1 N–H and O–H groups in total. The highest BCUT2D eigenvalue weighted by atomic mass is 15.1. The lowest BCUT2D eigenvalue weighted by Crippen LogP contribution is -2.39. The second-order valence-electron chi connectivity index (χ2n) is 7.06. The van der Waals surface area contributed by atoms with Gasteiger partial charge in [0.2, 0.25) is 0 Å². The molecule has 2 heteroatoms. The van der Waals surface area contributed by atoms with Crippen LogP contribution < -0.4 is 5.32 Å². The molecule has 2 nitrogen and oxygen atoms in total. The summed E-state index contributed by atoms with van der Waals surface area (Å²) in [6, 6.07) is 11.7. The minimum atomic E-state index is 0.325. The van der Waals surface area contributed by atoms with Gasteiger partial charge in [-0.25, -0.2) is 0 Å². The highest BCUT2D eigenvalue weighted by molar-refractivity contribution is 5.19. The Morgan fingerprint density at radius 3 is 2.16 bits per heavy atom. The van der Waals surface area contributed by atoms with Gasteiger partial charge in [0.05, 0.1) is 0 Å². The summed E-state index contributed by atoms with van der Waals surface area (Å²) in [5.74, 6) is 0. The first kappa shape index (κ1) is 16.2. The highest BCUT2D eigenvalue weighted by Gasteiger charge is 2.21. The normalized spacial score (nSPS) is 15.5. The molecule has 2 unspecified atom stereocenters. The fourth-order valence-electron chi connectivity index (χ4n) is 2.51. The smallest absolute Gasteiger partial charge is 0.0328 e. The van der Waals surface area contributed by atoms with Crippen molar-refractivity contribution in [1.29, 1.82) is 0 Å². The second kappa shape index (κ2) is 7.06. The molecule has 1 aromatic carbocycles. The lowest BCUT2D eigenvalue weighted by atomic mass is 9.85. The molecule has 1 rings (SSSR count). The Morgan fingerprint density at radius 1 is 1.11 bits per heavy atom. The number of hydrogen-bond donors (Lipinski definition) is 1. The van der Waals surface area contributed by atoms with Crippen LogP contribution in [0.1, 0.15) is 45.7 Å². The molecule has 0 fully saturated rings. The molecule has 1 aromatic rings. The van der Waals surface area contributed by atoms with Crippen molar-refractivity contribution in [3.05, 3.63) is 35.9 Å². The largest absolute Gasteiger partial charge is 0.308 e. The molecule has 0 saturated heterocycles. The van der Waals surface area contributed by atoms with E-state index in [1.165, 1.54) is 5.56 Å². The van der Waals surface area contributed by atoms with Crippen LogP contribution in [0.3, 0.4) is 0 Å². The van der Waals surface area contributed by atoms with Gasteiger partial charge in [0.1, 0.15) is 0 Å². The molecule has 2 atom stereocenters. The van der Waals surface area contributed by atoms with E-state index in [1.54, 1.807) is 0 Å². The summed E-state index contributed by atoms with van der Waals surface area (Å²) in [6.45, 7) is 10.2. The van der Waals surface area contributed by atoms with Crippen LogP contribution >= 0.6 is 0 Å². The fraction of sp³-hybridized carbons (Fsp3) is 0.647. The minimum absolute atomic E-state index is 0.325. The first-order chi connectivity index (χ1) is 8.78. The van der Waals surface area contributed by atoms with Gasteiger partial charge >= 0.3 is 0 Å². The van der Waals surface area contributed by atoms with Gasteiger partial charge in [0, 0.05) is 18.6 Å². The quantitative estimate of drug-likeness (QED) is 0.841. The lowest BCUT2D eigenvalue weighted by Gasteiger charge is -2.30. The second-order valence-corrected chi connectivity index (χ2v) is 7.06. The first-order valence-electron chi connectivity index (χ1n) is 7.23. The molecule has 0 aliphatic rings. The maximum atomic E-state index is 3.78. The Labute approximate surface area is 119 Å². The van der Waals surface area contributed by atoms with E-state index in [4.69, 9.17) is 0 Å². The van der Waals surface area contributed by atoms with Crippen molar-refractivity contribution in [3.8, 4) is 0 Å². The van der Waals surface area contributed by atoms with Gasteiger partial charge in [-0.1, -0.05) is 51.1 Å². The van der Waals surface area contributed by atoms with Crippen molar-refractivity contribution >= 4 is 0 Å². The van der Waals surface area contributed by atoms with Crippen molar-refractivity contribution in [3.63, 3.8) is 0 Å². The monoisotopic (exact) mass is 262 g/mol. The Balaban J connectivity index is 2.76. The van der Waals surface area contributed by atoms with Crippen LogP contribution in [0.25, 0.3) is 0 Å². The van der Waals surface area contributed by atoms with E-state index in [1.807, 2.05) is 0 Å². The average molecular weight is 262 g/mol. The first-order valence-corrected chi connectivity index (χ1v) is 7.23. The van der Waals surface area contributed by atoms with Crippen LogP contribution in [0.4, 0.5) is 0 Å². The fourth-order valence-corrected chi connectivity index (χ4v) is 2.51. The molecule has 0 radical (unpaired) electrons. The minimum Gasteiger partial charge on any atom is -0.308 e. The van der Waals surface area contributed by atoms with E-state index in [9.17, 15) is 0 Å². The third-order valence-electron chi connectivity index (χ3n) is 3.14. The van der Waals surface area contributed by atoms with Crippen LogP contribution in [0.2, 0.25) is 0 Å². The van der Waals surface area contributed by atoms with E-state index in [2.05, 4.69) is 82.3 Å². The average Bonchev–Trinajstić information content (AvgIpc) is 2.26. The van der Waals surface area contributed by atoms with Gasteiger partial charge < -0.3 is 10.2 Å². The maximum Gasteiger partial charge on any atom is 0.0328 e. The Hall–Kier alpha value is -0.860. The molecule has 108 valence electrons. The summed E-state index contributed by atoms with van der Waals surface area (Å²) < 4.78 is 0. The van der Waals surface area contributed by atoms with Gasteiger partial charge in [-0.3, -0.25) is 0 Å². The summed E-state index contributed by atoms with van der Waals surface area (Å²) in [6.07, 6.45) is 1.15. The van der Waals surface area contributed by atoms with Crippen LogP contribution in [-0.2, 0) is 0 Å². The van der Waals surface area contributed by atoms with Crippen LogP contribution in [-0.4, -0.2) is 31.6 Å². The molecule has 0 aromatic heterocycles. The third-order valence-corrected chi connectivity index (χ3v) is 3.14. The molecule has 0 amide bonds. The molecule has 19 heavy (non-hydrogen) atoms. The Morgan fingerprint density at radius 2 is 1.68 bits per heavy atom. The van der Waals surface area contributed by atoms with Gasteiger partial charge in [-0.15, -0.1) is 0 Å². The third kappa shape index (κ3) is 6.74. The molecule has 0 spiro atoms. The van der Waals surface area contributed by atoms with E-state index in [0.717, 1.165) is 13.0 Å². The summed E-state index contributed by atoms with van der Waals surface area (Å²) in [4.78, 5) is 2.23. The van der Waals surface area contributed by atoms with Gasteiger partial charge in [-0.05, 0) is 38.4 Å². The van der Waals surface area contributed by atoms with E-state index in [-0.39, 0.29) is 0 Å². The van der Waals surface area contributed by atoms with E-state index >= 15 is 0 Å². The zero-order valence-corrected chi connectivity index (χ0v) is 13.4. The van der Waals surface area contributed by atoms with Crippen LogP contribution in [0.15, 0.2) is 30.3 Å². The number of benzene rings is 1. The highest BCUT2D eigenvalue weighted by Crippen LogP contribution is 2.29. The summed E-state index contributed by atoms with van der Waals surface area (Å²) in [5, 5.41) is 3.78.